The molecule has 19 heavy (non-hydrogen) atoms. The van der Waals surface area contributed by atoms with E-state index in [2.05, 4.69) is 38.2 Å². The average molecular weight is 265 g/mol. The highest BCUT2D eigenvalue weighted by atomic mass is 16.5. The lowest BCUT2D eigenvalue weighted by Gasteiger charge is -2.19. The van der Waals surface area contributed by atoms with Crippen molar-refractivity contribution in [1.82, 2.24) is 5.32 Å². The van der Waals surface area contributed by atoms with Crippen LogP contribution < -0.4 is 10.1 Å². The summed E-state index contributed by atoms with van der Waals surface area (Å²) in [4.78, 5) is 0. The lowest BCUT2D eigenvalue weighted by molar-refractivity contribution is 0.0487. The van der Waals surface area contributed by atoms with Gasteiger partial charge in [-0.1, -0.05) is 26.0 Å². The summed E-state index contributed by atoms with van der Waals surface area (Å²) in [5, 5.41) is 3.29. The summed E-state index contributed by atoms with van der Waals surface area (Å²) in [7, 11) is 1.96. The fraction of sp³-hybridized carbons (Fsp3) is 0.625. The minimum absolute atomic E-state index is 0.231. The Morgan fingerprint density at radius 3 is 2.37 bits per heavy atom. The molecule has 1 aromatic carbocycles. The third-order valence-corrected chi connectivity index (χ3v) is 3.23. The third-order valence-electron chi connectivity index (χ3n) is 3.23. The Kier molecular flexibility index (Phi) is 7.53. The summed E-state index contributed by atoms with van der Waals surface area (Å²) >= 11 is 0. The number of hydrogen-bond donors (Lipinski definition) is 1. The highest BCUT2D eigenvalue weighted by molar-refractivity contribution is 5.29. The van der Waals surface area contributed by atoms with Gasteiger partial charge in [0.2, 0.25) is 0 Å². The van der Waals surface area contributed by atoms with Gasteiger partial charge in [0.05, 0.1) is 25.4 Å². The van der Waals surface area contributed by atoms with E-state index in [1.807, 2.05) is 19.2 Å². The molecule has 0 heterocycles. The van der Waals surface area contributed by atoms with Crippen LogP contribution in [0.2, 0.25) is 0 Å². The first-order valence-corrected chi connectivity index (χ1v) is 7.22. The molecule has 0 saturated carbocycles. The maximum absolute atomic E-state index is 5.80. The molecule has 3 nitrogen and oxygen atoms in total. The average Bonchev–Trinajstić information content (AvgIpc) is 2.46. The van der Waals surface area contributed by atoms with Gasteiger partial charge in [-0.05, 0) is 44.5 Å². The molecule has 108 valence electrons. The fourth-order valence-corrected chi connectivity index (χ4v) is 1.74. The van der Waals surface area contributed by atoms with Gasteiger partial charge in [0.25, 0.3) is 0 Å². The van der Waals surface area contributed by atoms with Crippen LogP contribution in [0.25, 0.3) is 0 Å². The molecule has 3 heteroatoms. The Morgan fingerprint density at radius 2 is 1.84 bits per heavy atom. The van der Waals surface area contributed by atoms with Crippen LogP contribution in [0.5, 0.6) is 5.75 Å². The van der Waals surface area contributed by atoms with E-state index in [1.54, 1.807) is 0 Å². The topological polar surface area (TPSA) is 30.5 Å². The molecule has 0 aliphatic carbocycles. The summed E-state index contributed by atoms with van der Waals surface area (Å²) in [5.41, 5.74) is 1.23. The Bertz CT molecular complexity index is 337. The van der Waals surface area contributed by atoms with Crippen molar-refractivity contribution >= 4 is 0 Å². The van der Waals surface area contributed by atoms with E-state index >= 15 is 0 Å². The number of benzene rings is 1. The fourth-order valence-electron chi connectivity index (χ4n) is 1.74. The third kappa shape index (κ3) is 5.62. The van der Waals surface area contributed by atoms with E-state index in [-0.39, 0.29) is 6.04 Å². The van der Waals surface area contributed by atoms with Gasteiger partial charge in [0, 0.05) is 0 Å². The summed E-state index contributed by atoms with van der Waals surface area (Å²) in [6.07, 6.45) is 2.38. The van der Waals surface area contributed by atoms with Crippen molar-refractivity contribution in [2.75, 3.05) is 20.3 Å². The van der Waals surface area contributed by atoms with Gasteiger partial charge in [0.15, 0.2) is 0 Å². The molecular formula is C16H27NO2. The molecule has 0 fully saturated rings. The molecule has 1 N–H and O–H groups in total. The van der Waals surface area contributed by atoms with Crippen molar-refractivity contribution in [1.29, 1.82) is 0 Å². The lowest BCUT2D eigenvalue weighted by atomic mass is 10.1. The number of hydrogen-bond acceptors (Lipinski definition) is 3. The molecular weight excluding hydrogens is 238 g/mol. The zero-order valence-corrected chi connectivity index (χ0v) is 12.6. The molecule has 0 spiro atoms. The van der Waals surface area contributed by atoms with E-state index in [4.69, 9.17) is 9.47 Å². The standard InChI is InChI=1S/C16H27NO2/c1-5-11-18-15-9-7-14(8-10-15)16(17-4)12-19-13(3)6-2/h7-10,13,16-17H,5-6,11-12H2,1-4H3. The van der Waals surface area contributed by atoms with Gasteiger partial charge >= 0.3 is 0 Å². The molecule has 2 unspecified atom stereocenters. The normalized spacial score (nSPS) is 14.1. The first kappa shape index (κ1) is 16.0. The van der Waals surface area contributed by atoms with Crippen LogP contribution in [0.4, 0.5) is 0 Å². The number of likely N-dealkylation sites (N-methyl/N-ethyl adjacent to an activating group) is 1. The van der Waals surface area contributed by atoms with Gasteiger partial charge in [0.1, 0.15) is 5.75 Å². The highest BCUT2D eigenvalue weighted by Gasteiger charge is 2.11. The Balaban J connectivity index is 2.55. The van der Waals surface area contributed by atoms with E-state index in [0.717, 1.165) is 25.2 Å². The van der Waals surface area contributed by atoms with Crippen LogP contribution in [0.1, 0.15) is 45.2 Å². The molecule has 0 bridgehead atoms. The molecule has 0 radical (unpaired) electrons. The molecule has 0 aromatic heterocycles. The Labute approximate surface area is 117 Å². The second-order valence-corrected chi connectivity index (χ2v) is 4.81. The Morgan fingerprint density at radius 1 is 1.16 bits per heavy atom. The number of rotatable bonds is 9. The van der Waals surface area contributed by atoms with Gasteiger partial charge in [-0.25, -0.2) is 0 Å². The van der Waals surface area contributed by atoms with Crippen molar-refractivity contribution in [2.24, 2.45) is 0 Å². The molecule has 0 aliphatic heterocycles. The lowest BCUT2D eigenvalue weighted by Crippen LogP contribution is -2.24. The highest BCUT2D eigenvalue weighted by Crippen LogP contribution is 2.18. The summed E-state index contributed by atoms with van der Waals surface area (Å²) in [6.45, 7) is 7.82. The largest absolute Gasteiger partial charge is 0.494 e. The Hall–Kier alpha value is -1.06. The van der Waals surface area contributed by atoms with Gasteiger partial charge < -0.3 is 14.8 Å². The SMILES string of the molecule is CCCOc1ccc(C(COC(C)CC)NC)cc1. The first-order chi connectivity index (χ1) is 9.21. The maximum Gasteiger partial charge on any atom is 0.119 e. The zero-order chi connectivity index (χ0) is 14.1. The van der Waals surface area contributed by atoms with Crippen molar-refractivity contribution in [2.45, 2.75) is 45.8 Å². The van der Waals surface area contributed by atoms with Gasteiger partial charge in [-0.15, -0.1) is 0 Å². The van der Waals surface area contributed by atoms with E-state index < -0.39 is 0 Å². The zero-order valence-electron chi connectivity index (χ0n) is 12.6. The van der Waals surface area contributed by atoms with Crippen molar-refractivity contribution in [3.8, 4) is 5.75 Å². The quantitative estimate of drug-likeness (QED) is 0.740. The minimum atomic E-state index is 0.231. The smallest absolute Gasteiger partial charge is 0.119 e. The minimum Gasteiger partial charge on any atom is -0.494 e. The van der Waals surface area contributed by atoms with Crippen LogP contribution >= 0.6 is 0 Å². The van der Waals surface area contributed by atoms with E-state index in [0.29, 0.717) is 12.7 Å². The number of nitrogens with one attached hydrogen (secondary N) is 1. The first-order valence-electron chi connectivity index (χ1n) is 7.22. The van der Waals surface area contributed by atoms with Crippen LogP contribution in [-0.4, -0.2) is 26.4 Å². The van der Waals surface area contributed by atoms with E-state index in [9.17, 15) is 0 Å². The summed E-state index contributed by atoms with van der Waals surface area (Å²) in [6, 6.07) is 8.49. The van der Waals surface area contributed by atoms with Crippen LogP contribution in [0.15, 0.2) is 24.3 Å². The van der Waals surface area contributed by atoms with Crippen molar-refractivity contribution < 1.29 is 9.47 Å². The van der Waals surface area contributed by atoms with Crippen LogP contribution in [-0.2, 0) is 4.74 Å². The molecule has 0 aliphatic rings. The van der Waals surface area contributed by atoms with Crippen LogP contribution in [0, 0.1) is 0 Å². The van der Waals surface area contributed by atoms with Crippen molar-refractivity contribution in [3.63, 3.8) is 0 Å². The van der Waals surface area contributed by atoms with Crippen molar-refractivity contribution in [3.05, 3.63) is 29.8 Å². The molecule has 0 amide bonds. The number of ether oxygens (including phenoxy) is 2. The molecule has 2 atom stereocenters. The second-order valence-electron chi connectivity index (χ2n) is 4.81. The van der Waals surface area contributed by atoms with Crippen LogP contribution in [0.3, 0.4) is 0 Å². The monoisotopic (exact) mass is 265 g/mol. The maximum atomic E-state index is 5.80. The second kappa shape index (κ2) is 8.94. The summed E-state index contributed by atoms with van der Waals surface area (Å²) in [5.74, 6) is 0.934. The van der Waals surface area contributed by atoms with Gasteiger partial charge in [-0.3, -0.25) is 0 Å². The predicted molar refractivity (Wildman–Crippen MR) is 79.7 cm³/mol. The molecule has 1 rings (SSSR count). The van der Waals surface area contributed by atoms with E-state index in [1.165, 1.54) is 5.56 Å². The van der Waals surface area contributed by atoms with Gasteiger partial charge in [-0.2, -0.15) is 0 Å². The molecule has 0 saturated heterocycles. The molecule has 1 aromatic rings. The predicted octanol–water partition coefficient (Wildman–Crippen LogP) is 3.55. The summed E-state index contributed by atoms with van der Waals surface area (Å²) < 4.78 is 11.4.